The van der Waals surface area contributed by atoms with E-state index in [1.54, 1.807) is 24.3 Å². The monoisotopic (exact) mass is 466 g/mol. The number of nitrogens with one attached hydrogen (secondary N) is 2. The lowest BCUT2D eigenvalue weighted by Gasteiger charge is -2.14. The quantitative estimate of drug-likeness (QED) is 0.258. The van der Waals surface area contributed by atoms with E-state index in [1.807, 2.05) is 38.1 Å². The van der Waals surface area contributed by atoms with Crippen LogP contribution < -0.4 is 20.1 Å². The molecular formula is C26H24F2N2O4. The molecule has 3 aromatic rings. The molecule has 8 heteroatoms. The number of halogens is 2. The molecular weight excluding hydrogens is 442 g/mol. The maximum absolute atomic E-state index is 13.2. The summed E-state index contributed by atoms with van der Waals surface area (Å²) in [5.41, 5.74) is 2.78. The van der Waals surface area contributed by atoms with Gasteiger partial charge in [-0.05, 0) is 60.9 Å². The van der Waals surface area contributed by atoms with Gasteiger partial charge in [-0.15, -0.1) is 0 Å². The van der Waals surface area contributed by atoms with Gasteiger partial charge in [-0.25, -0.2) is 0 Å². The van der Waals surface area contributed by atoms with Crippen molar-refractivity contribution in [3.8, 4) is 11.5 Å². The lowest BCUT2D eigenvalue weighted by Crippen LogP contribution is -2.26. The normalized spacial score (nSPS) is 10.4. The first-order valence-corrected chi connectivity index (χ1v) is 10.4. The smallest absolute Gasteiger partial charge is 0.387 e. The second kappa shape index (κ2) is 11.1. The lowest BCUT2D eigenvalue weighted by molar-refractivity contribution is -0.118. The Labute approximate surface area is 196 Å². The zero-order valence-corrected chi connectivity index (χ0v) is 18.9. The van der Waals surface area contributed by atoms with Crippen LogP contribution in [0.15, 0.2) is 72.3 Å². The van der Waals surface area contributed by atoms with Crippen LogP contribution in [-0.2, 0) is 9.59 Å². The number of rotatable bonds is 8. The molecule has 0 radical (unpaired) electrons. The van der Waals surface area contributed by atoms with Crippen LogP contribution in [0.25, 0.3) is 6.08 Å². The summed E-state index contributed by atoms with van der Waals surface area (Å²) in [5.74, 6) is -1.45. The Morgan fingerprint density at radius 1 is 0.824 bits per heavy atom. The maximum atomic E-state index is 13.2. The fourth-order valence-corrected chi connectivity index (χ4v) is 3.18. The highest BCUT2D eigenvalue weighted by Crippen LogP contribution is 2.30. The fourth-order valence-electron chi connectivity index (χ4n) is 3.18. The molecule has 2 N–H and O–H groups in total. The number of aryl methyl sites for hydroxylation is 2. The van der Waals surface area contributed by atoms with Gasteiger partial charge in [-0.1, -0.05) is 42.5 Å². The Kier molecular flexibility index (Phi) is 7.97. The summed E-state index contributed by atoms with van der Waals surface area (Å²) in [6, 6.07) is 18.5. The molecule has 0 spiro atoms. The van der Waals surface area contributed by atoms with E-state index in [4.69, 9.17) is 4.74 Å². The van der Waals surface area contributed by atoms with Crippen molar-refractivity contribution in [1.29, 1.82) is 0 Å². The lowest BCUT2D eigenvalue weighted by atomic mass is 10.1. The largest absolute Gasteiger partial charge is 0.493 e. The maximum Gasteiger partial charge on any atom is 0.387 e. The zero-order valence-electron chi connectivity index (χ0n) is 18.9. The summed E-state index contributed by atoms with van der Waals surface area (Å²) >= 11 is 0. The van der Waals surface area contributed by atoms with Crippen LogP contribution in [0.2, 0.25) is 0 Å². The topological polar surface area (TPSA) is 76.7 Å². The molecule has 34 heavy (non-hydrogen) atoms. The molecule has 0 aromatic heterocycles. The van der Waals surface area contributed by atoms with Crippen LogP contribution in [0.1, 0.15) is 16.7 Å². The van der Waals surface area contributed by atoms with E-state index >= 15 is 0 Å². The van der Waals surface area contributed by atoms with E-state index in [-0.39, 0.29) is 17.1 Å². The number of hydrogen-bond donors (Lipinski definition) is 2. The van der Waals surface area contributed by atoms with E-state index in [1.165, 1.54) is 31.4 Å². The standard InChI is InChI=1S/C26H24F2N2O4/c1-16-8-4-6-10-20(16)29-24(31)19(25(32)30-21-11-7-5-9-17(21)2)14-18-12-13-22(33-3)23(15-18)34-26(27)28/h4-15,26H,1-3H3,(H,29,31)(H,30,32). The van der Waals surface area contributed by atoms with Crippen LogP contribution in [0.4, 0.5) is 20.2 Å². The molecule has 3 aromatic carbocycles. The molecule has 6 nitrogen and oxygen atoms in total. The number of ether oxygens (including phenoxy) is 2. The van der Waals surface area contributed by atoms with Gasteiger partial charge >= 0.3 is 6.61 Å². The van der Waals surface area contributed by atoms with Crippen LogP contribution in [0.3, 0.4) is 0 Å². The number of anilines is 2. The minimum atomic E-state index is -3.07. The Bertz CT molecular complexity index is 1160. The number of hydrogen-bond acceptors (Lipinski definition) is 4. The van der Waals surface area contributed by atoms with Gasteiger partial charge in [0.1, 0.15) is 5.57 Å². The molecule has 0 saturated carbocycles. The Hall–Kier alpha value is -4.20. The van der Waals surface area contributed by atoms with Crippen LogP contribution in [0, 0.1) is 13.8 Å². The first-order valence-electron chi connectivity index (χ1n) is 10.4. The molecule has 0 saturated heterocycles. The third kappa shape index (κ3) is 6.19. The highest BCUT2D eigenvalue weighted by Gasteiger charge is 2.21. The molecule has 0 aliphatic carbocycles. The highest BCUT2D eigenvalue weighted by molar-refractivity contribution is 6.29. The first-order chi connectivity index (χ1) is 16.3. The highest BCUT2D eigenvalue weighted by atomic mass is 19.3. The molecule has 0 unspecified atom stereocenters. The molecule has 0 aliphatic heterocycles. The van der Waals surface area contributed by atoms with Crippen LogP contribution in [0.5, 0.6) is 11.5 Å². The molecule has 0 atom stereocenters. The van der Waals surface area contributed by atoms with Crippen molar-refractivity contribution in [2.45, 2.75) is 20.5 Å². The summed E-state index contributed by atoms with van der Waals surface area (Å²) in [4.78, 5) is 26.3. The van der Waals surface area contributed by atoms with Gasteiger partial charge in [-0.3, -0.25) is 9.59 Å². The van der Waals surface area contributed by atoms with Gasteiger partial charge in [0.05, 0.1) is 7.11 Å². The van der Waals surface area contributed by atoms with E-state index in [0.717, 1.165) is 11.1 Å². The number of carbonyl (C=O) groups excluding carboxylic acids is 2. The number of amides is 2. The van der Waals surface area contributed by atoms with E-state index in [0.29, 0.717) is 16.9 Å². The van der Waals surface area contributed by atoms with Crippen molar-refractivity contribution >= 4 is 29.3 Å². The predicted molar refractivity (Wildman–Crippen MR) is 127 cm³/mol. The number of alkyl halides is 2. The van der Waals surface area contributed by atoms with Gasteiger partial charge in [0, 0.05) is 11.4 Å². The van der Waals surface area contributed by atoms with Crippen molar-refractivity contribution < 1.29 is 27.8 Å². The SMILES string of the molecule is COc1ccc(C=C(C(=O)Nc2ccccc2C)C(=O)Nc2ccccc2C)cc1OC(F)F. The Morgan fingerprint density at radius 3 is 1.82 bits per heavy atom. The van der Waals surface area contributed by atoms with Gasteiger partial charge in [0.15, 0.2) is 11.5 Å². The predicted octanol–water partition coefficient (Wildman–Crippen LogP) is 5.57. The van der Waals surface area contributed by atoms with Crippen molar-refractivity contribution in [2.75, 3.05) is 17.7 Å². The van der Waals surface area contributed by atoms with Gasteiger partial charge < -0.3 is 20.1 Å². The van der Waals surface area contributed by atoms with Crippen LogP contribution >= 0.6 is 0 Å². The number of carbonyl (C=O) groups is 2. The minimum Gasteiger partial charge on any atom is -0.493 e. The van der Waals surface area contributed by atoms with Crippen molar-refractivity contribution in [2.24, 2.45) is 0 Å². The second-order valence-electron chi connectivity index (χ2n) is 7.38. The second-order valence-corrected chi connectivity index (χ2v) is 7.38. The van der Waals surface area contributed by atoms with Gasteiger partial charge in [0.25, 0.3) is 11.8 Å². The average molecular weight is 466 g/mol. The zero-order chi connectivity index (χ0) is 24.7. The third-order valence-electron chi connectivity index (χ3n) is 4.99. The summed E-state index contributed by atoms with van der Waals surface area (Å²) in [5, 5.41) is 5.47. The molecule has 0 aliphatic rings. The average Bonchev–Trinajstić information content (AvgIpc) is 2.80. The molecule has 0 fully saturated rings. The summed E-state index contributed by atoms with van der Waals surface area (Å²) in [7, 11) is 1.32. The fraction of sp³-hybridized carbons (Fsp3) is 0.154. The van der Waals surface area contributed by atoms with Crippen molar-refractivity contribution in [3.05, 3.63) is 89.0 Å². The molecule has 0 bridgehead atoms. The molecule has 0 heterocycles. The number of para-hydroxylation sites is 2. The minimum absolute atomic E-state index is 0.0905. The first kappa shape index (κ1) is 24.4. The summed E-state index contributed by atoms with van der Waals surface area (Å²) in [6.45, 7) is 0.578. The molecule has 3 rings (SSSR count). The Balaban J connectivity index is 2.00. The molecule has 2 amide bonds. The van der Waals surface area contributed by atoms with Gasteiger partial charge in [0.2, 0.25) is 0 Å². The van der Waals surface area contributed by atoms with E-state index < -0.39 is 18.4 Å². The van der Waals surface area contributed by atoms with E-state index in [2.05, 4.69) is 15.4 Å². The number of benzene rings is 3. The summed E-state index contributed by atoms with van der Waals surface area (Å²) in [6.07, 6.45) is 1.30. The van der Waals surface area contributed by atoms with Crippen molar-refractivity contribution in [1.82, 2.24) is 0 Å². The number of methoxy groups -OCH3 is 1. The van der Waals surface area contributed by atoms with Crippen LogP contribution in [-0.4, -0.2) is 25.5 Å². The third-order valence-corrected chi connectivity index (χ3v) is 4.99. The summed E-state index contributed by atoms with van der Waals surface area (Å²) < 4.78 is 35.2. The molecule has 176 valence electrons. The Morgan fingerprint density at radius 2 is 1.35 bits per heavy atom. The van der Waals surface area contributed by atoms with Crippen molar-refractivity contribution in [3.63, 3.8) is 0 Å². The van der Waals surface area contributed by atoms with E-state index in [9.17, 15) is 18.4 Å². The van der Waals surface area contributed by atoms with Gasteiger partial charge in [-0.2, -0.15) is 8.78 Å².